The highest BCUT2D eigenvalue weighted by molar-refractivity contribution is 5.93. The number of aromatic nitrogens is 3. The van der Waals surface area contributed by atoms with Gasteiger partial charge in [0, 0.05) is 46.8 Å². The van der Waals surface area contributed by atoms with Gasteiger partial charge in [-0.15, -0.1) is 0 Å². The van der Waals surface area contributed by atoms with Gasteiger partial charge in [-0.2, -0.15) is 10.2 Å². The van der Waals surface area contributed by atoms with Crippen molar-refractivity contribution in [3.05, 3.63) is 81.0 Å². The summed E-state index contributed by atoms with van der Waals surface area (Å²) in [6.07, 6.45) is 2.79. The van der Waals surface area contributed by atoms with Gasteiger partial charge in [0.15, 0.2) is 5.69 Å². The van der Waals surface area contributed by atoms with Crippen molar-refractivity contribution in [3.8, 4) is 5.75 Å². The number of H-pyrrole nitrogens is 1. The molecule has 3 atom stereocenters. The zero-order valence-corrected chi connectivity index (χ0v) is 22.6. The van der Waals surface area contributed by atoms with Crippen LogP contribution in [0.15, 0.2) is 52.4 Å². The molecule has 2 aliphatic rings. The van der Waals surface area contributed by atoms with Crippen LogP contribution in [0.2, 0.25) is 0 Å². The molecular weight excluding hydrogens is 480 g/mol. The lowest BCUT2D eigenvalue weighted by atomic mass is 9.83. The maximum absolute atomic E-state index is 12.5. The standard InChI is InChI=1S/C29H36N6O3/c1-5-38-25-10-9-19(14-30-33-28(37)23-13-26(32-31-23)29(2,3)4)11-22(25)18-34-15-20-12-21(17-34)24-7-6-8-27(36)35(24)16-20/h6-11,13-14,20-21H,5,12,15-18H2,1-4H3,(H,31,32)(H,33,37)/p+1. The Morgan fingerprint density at radius 2 is 2.11 bits per heavy atom. The van der Waals surface area contributed by atoms with Crippen LogP contribution in [0.5, 0.6) is 5.75 Å². The van der Waals surface area contributed by atoms with Gasteiger partial charge in [0.25, 0.3) is 11.5 Å². The van der Waals surface area contributed by atoms with Crippen molar-refractivity contribution in [3.63, 3.8) is 0 Å². The normalized spacial score (nSPS) is 20.8. The van der Waals surface area contributed by atoms with Crippen LogP contribution < -0.4 is 20.6 Å². The van der Waals surface area contributed by atoms with E-state index in [1.54, 1.807) is 18.3 Å². The predicted octanol–water partition coefficient (Wildman–Crippen LogP) is 2.23. The smallest absolute Gasteiger partial charge is 0.291 e. The Balaban J connectivity index is 1.28. The highest BCUT2D eigenvalue weighted by atomic mass is 16.5. The molecule has 1 aromatic carbocycles. The minimum atomic E-state index is -0.358. The summed E-state index contributed by atoms with van der Waals surface area (Å²) in [7, 11) is 0. The summed E-state index contributed by atoms with van der Waals surface area (Å²) in [5.41, 5.74) is 6.93. The third-order valence-corrected chi connectivity index (χ3v) is 7.50. The number of piperidine rings is 1. The number of hydrazone groups is 1. The van der Waals surface area contributed by atoms with Crippen molar-refractivity contribution in [2.24, 2.45) is 11.0 Å². The number of rotatable bonds is 7. The molecule has 2 bridgehead atoms. The lowest BCUT2D eigenvalue weighted by molar-refractivity contribution is -0.924. The van der Waals surface area contributed by atoms with Crippen LogP contribution in [0.25, 0.3) is 0 Å². The van der Waals surface area contributed by atoms with E-state index in [-0.39, 0.29) is 16.9 Å². The molecule has 0 radical (unpaired) electrons. The molecule has 3 aromatic rings. The van der Waals surface area contributed by atoms with Gasteiger partial charge in [-0.3, -0.25) is 14.7 Å². The fraction of sp³-hybridized carbons (Fsp3) is 0.448. The van der Waals surface area contributed by atoms with Gasteiger partial charge < -0.3 is 14.2 Å². The summed E-state index contributed by atoms with van der Waals surface area (Å²) in [5, 5.41) is 11.2. The summed E-state index contributed by atoms with van der Waals surface area (Å²) in [5.74, 6) is 1.40. The Bertz CT molecular complexity index is 1400. The van der Waals surface area contributed by atoms with Crippen LogP contribution in [-0.2, 0) is 18.5 Å². The topological polar surface area (TPSA) is 106 Å². The number of carbonyl (C=O) groups excluding carboxylic acids is 1. The number of pyridine rings is 1. The van der Waals surface area contributed by atoms with E-state index in [2.05, 4.69) is 53.6 Å². The van der Waals surface area contributed by atoms with E-state index in [9.17, 15) is 9.59 Å². The molecule has 3 N–H and O–H groups in total. The number of nitrogens with zero attached hydrogens (tertiary/aromatic N) is 3. The summed E-state index contributed by atoms with van der Waals surface area (Å²) in [6.45, 7) is 12.4. The number of nitrogens with one attached hydrogen (secondary N) is 3. The lowest BCUT2D eigenvalue weighted by Gasteiger charge is -2.40. The molecule has 1 amide bonds. The van der Waals surface area contributed by atoms with E-state index < -0.39 is 0 Å². The predicted molar refractivity (Wildman–Crippen MR) is 146 cm³/mol. The van der Waals surface area contributed by atoms with Crippen molar-refractivity contribution in [2.45, 2.75) is 58.5 Å². The number of hydrogen-bond donors (Lipinski definition) is 3. The fourth-order valence-corrected chi connectivity index (χ4v) is 5.69. The van der Waals surface area contributed by atoms with Crippen molar-refractivity contribution < 1.29 is 14.4 Å². The molecule has 9 heteroatoms. The Hall–Kier alpha value is -3.72. The van der Waals surface area contributed by atoms with Gasteiger partial charge in [0.05, 0.1) is 25.9 Å². The van der Waals surface area contributed by atoms with Crippen molar-refractivity contribution in [1.29, 1.82) is 0 Å². The van der Waals surface area contributed by atoms with E-state index in [0.717, 1.165) is 55.2 Å². The summed E-state index contributed by atoms with van der Waals surface area (Å²) < 4.78 is 7.92. The van der Waals surface area contributed by atoms with Crippen molar-refractivity contribution >= 4 is 12.1 Å². The molecule has 9 nitrogen and oxygen atoms in total. The Morgan fingerprint density at radius 3 is 2.87 bits per heavy atom. The molecule has 5 rings (SSSR count). The summed E-state index contributed by atoms with van der Waals surface area (Å²) in [6, 6.07) is 13.4. The van der Waals surface area contributed by atoms with Gasteiger partial charge in [-0.1, -0.05) is 26.8 Å². The molecule has 200 valence electrons. The summed E-state index contributed by atoms with van der Waals surface area (Å²) >= 11 is 0. The molecule has 1 fully saturated rings. The molecule has 1 saturated heterocycles. The van der Waals surface area contributed by atoms with E-state index in [1.807, 2.05) is 29.7 Å². The number of fused-ring (bicyclic) bond motifs is 4. The number of likely N-dealkylation sites (tertiary alicyclic amines) is 1. The molecule has 0 aliphatic carbocycles. The van der Waals surface area contributed by atoms with Crippen LogP contribution in [0.1, 0.15) is 73.0 Å². The second-order valence-electron chi connectivity index (χ2n) is 11.4. The molecule has 2 aliphatic heterocycles. The monoisotopic (exact) mass is 517 g/mol. The highest BCUT2D eigenvalue weighted by Crippen LogP contribution is 2.30. The van der Waals surface area contributed by atoms with E-state index in [0.29, 0.717) is 24.1 Å². The first-order valence-corrected chi connectivity index (χ1v) is 13.4. The second-order valence-corrected chi connectivity index (χ2v) is 11.4. The molecule has 3 unspecified atom stereocenters. The summed E-state index contributed by atoms with van der Waals surface area (Å²) in [4.78, 5) is 26.4. The number of carbonyl (C=O) groups is 1. The average molecular weight is 518 g/mol. The van der Waals surface area contributed by atoms with Gasteiger partial charge in [0.2, 0.25) is 0 Å². The molecular formula is C29H37N6O3+. The Labute approximate surface area is 222 Å². The minimum absolute atomic E-state index is 0.111. The maximum atomic E-state index is 12.5. The third kappa shape index (κ3) is 5.57. The first-order valence-electron chi connectivity index (χ1n) is 13.4. The quantitative estimate of drug-likeness (QED) is 0.330. The molecule has 4 heterocycles. The van der Waals surface area contributed by atoms with Gasteiger partial charge in [-0.05, 0) is 49.2 Å². The van der Waals surface area contributed by atoms with Crippen LogP contribution in [0.4, 0.5) is 0 Å². The number of quaternary nitrogens is 1. The van der Waals surface area contributed by atoms with Gasteiger partial charge >= 0.3 is 0 Å². The number of benzene rings is 1. The van der Waals surface area contributed by atoms with E-state index in [4.69, 9.17) is 4.74 Å². The van der Waals surface area contributed by atoms with Gasteiger partial charge in [-0.25, -0.2) is 5.43 Å². The van der Waals surface area contributed by atoms with Crippen LogP contribution in [0.3, 0.4) is 0 Å². The molecule has 38 heavy (non-hydrogen) atoms. The molecule has 0 saturated carbocycles. The Kier molecular flexibility index (Phi) is 7.21. The first kappa shape index (κ1) is 25.9. The van der Waals surface area contributed by atoms with Crippen molar-refractivity contribution in [1.82, 2.24) is 20.2 Å². The highest BCUT2D eigenvalue weighted by Gasteiger charge is 2.37. The zero-order valence-electron chi connectivity index (χ0n) is 22.6. The maximum Gasteiger partial charge on any atom is 0.291 e. The number of amides is 1. The molecule has 2 aromatic heterocycles. The zero-order chi connectivity index (χ0) is 26.9. The van der Waals surface area contributed by atoms with Crippen LogP contribution >= 0.6 is 0 Å². The average Bonchev–Trinajstić information content (AvgIpc) is 3.38. The number of aromatic amines is 1. The minimum Gasteiger partial charge on any atom is -0.493 e. The SMILES string of the molecule is CCOc1ccc(C=NNC(=O)c2cc(C(C)(C)C)[nH]n2)cc1C[NH+]1CC2CC(C1)c1cccc(=O)n1C2. The first-order chi connectivity index (χ1) is 18.2. The largest absolute Gasteiger partial charge is 0.493 e. The fourth-order valence-electron chi connectivity index (χ4n) is 5.69. The van der Waals surface area contributed by atoms with Crippen LogP contribution in [-0.4, -0.2) is 46.6 Å². The van der Waals surface area contributed by atoms with E-state index >= 15 is 0 Å². The van der Waals surface area contributed by atoms with Crippen LogP contribution in [0, 0.1) is 5.92 Å². The second kappa shape index (κ2) is 10.6. The Morgan fingerprint density at radius 1 is 1.26 bits per heavy atom. The van der Waals surface area contributed by atoms with Crippen molar-refractivity contribution in [2.75, 3.05) is 19.7 Å². The lowest BCUT2D eigenvalue weighted by Crippen LogP contribution is -3.13. The van der Waals surface area contributed by atoms with Gasteiger partial charge in [0.1, 0.15) is 12.3 Å². The van der Waals surface area contributed by atoms with E-state index in [1.165, 1.54) is 10.6 Å². The number of hydrogen-bond acceptors (Lipinski definition) is 5. The molecule has 0 spiro atoms. The number of ether oxygens (including phenoxy) is 1. The third-order valence-electron chi connectivity index (χ3n) is 7.50.